The van der Waals surface area contributed by atoms with Crippen molar-refractivity contribution in [2.75, 3.05) is 13.2 Å². The Balaban J connectivity index is 4.41. The van der Waals surface area contributed by atoms with Crippen LogP contribution in [-0.2, 0) is 28.6 Å². The quantitative estimate of drug-likeness (QED) is 0.0262. The molecule has 0 aliphatic carbocycles. The predicted molar refractivity (Wildman–Crippen MR) is 279 cm³/mol. The van der Waals surface area contributed by atoms with Crippen LogP contribution in [0.5, 0.6) is 0 Å². The number of carbonyl (C=O) groups excluding carboxylic acids is 3. The summed E-state index contributed by atoms with van der Waals surface area (Å²) in [5, 5.41) is 0. The van der Waals surface area contributed by atoms with Crippen LogP contribution in [0.2, 0.25) is 0 Å². The van der Waals surface area contributed by atoms with Crippen molar-refractivity contribution < 1.29 is 28.6 Å². The van der Waals surface area contributed by atoms with Crippen LogP contribution in [0.1, 0.15) is 265 Å². The maximum Gasteiger partial charge on any atom is 0.306 e. The van der Waals surface area contributed by atoms with E-state index < -0.39 is 6.10 Å². The van der Waals surface area contributed by atoms with Crippen LogP contribution in [0, 0.1) is 0 Å². The Morgan fingerprint density at radius 2 is 0.615 bits per heavy atom. The van der Waals surface area contributed by atoms with Gasteiger partial charge in [0.2, 0.25) is 0 Å². The van der Waals surface area contributed by atoms with Crippen LogP contribution in [0.25, 0.3) is 0 Å². The fourth-order valence-corrected chi connectivity index (χ4v) is 7.59. The van der Waals surface area contributed by atoms with E-state index in [1.807, 2.05) is 0 Å². The van der Waals surface area contributed by atoms with E-state index in [1.54, 1.807) is 0 Å². The molecular formula is C59H102O6. The molecule has 0 spiro atoms. The lowest BCUT2D eigenvalue weighted by atomic mass is 10.1. The molecule has 0 aromatic carbocycles. The minimum Gasteiger partial charge on any atom is -0.462 e. The molecule has 6 nitrogen and oxygen atoms in total. The van der Waals surface area contributed by atoms with Gasteiger partial charge in [-0.1, -0.05) is 235 Å². The third-order valence-electron chi connectivity index (χ3n) is 11.7. The smallest absolute Gasteiger partial charge is 0.306 e. The summed E-state index contributed by atoms with van der Waals surface area (Å²) in [6, 6.07) is 0. The second-order valence-corrected chi connectivity index (χ2v) is 18.1. The average Bonchev–Trinajstić information content (AvgIpc) is 3.30. The van der Waals surface area contributed by atoms with Crippen molar-refractivity contribution in [2.24, 2.45) is 0 Å². The van der Waals surface area contributed by atoms with Gasteiger partial charge in [0.25, 0.3) is 0 Å². The molecule has 0 bridgehead atoms. The van der Waals surface area contributed by atoms with Crippen LogP contribution in [0.4, 0.5) is 0 Å². The molecule has 1 atom stereocenters. The van der Waals surface area contributed by atoms with Gasteiger partial charge in [-0.2, -0.15) is 0 Å². The van der Waals surface area contributed by atoms with Gasteiger partial charge in [-0.3, -0.25) is 14.4 Å². The largest absolute Gasteiger partial charge is 0.462 e. The van der Waals surface area contributed by atoms with Crippen molar-refractivity contribution in [1.82, 2.24) is 0 Å². The van der Waals surface area contributed by atoms with Gasteiger partial charge >= 0.3 is 17.9 Å². The van der Waals surface area contributed by atoms with E-state index in [-0.39, 0.29) is 37.5 Å². The zero-order valence-electron chi connectivity index (χ0n) is 42.7. The number of hydrogen-bond donors (Lipinski definition) is 0. The lowest BCUT2D eigenvalue weighted by Gasteiger charge is -2.18. The molecule has 0 rings (SSSR count). The zero-order chi connectivity index (χ0) is 47.2. The molecule has 0 radical (unpaired) electrons. The summed E-state index contributed by atoms with van der Waals surface area (Å²) < 4.78 is 16.8. The minimum atomic E-state index is -0.803. The number of rotatable bonds is 49. The van der Waals surface area contributed by atoms with Gasteiger partial charge in [-0.15, -0.1) is 0 Å². The van der Waals surface area contributed by atoms with Gasteiger partial charge in [0.05, 0.1) is 0 Å². The highest BCUT2D eigenvalue weighted by Gasteiger charge is 2.19. The van der Waals surface area contributed by atoms with Gasteiger partial charge in [0.15, 0.2) is 6.10 Å². The van der Waals surface area contributed by atoms with Gasteiger partial charge in [-0.05, 0) is 83.5 Å². The molecule has 0 heterocycles. The second kappa shape index (κ2) is 53.5. The Hall–Kier alpha value is -3.15. The van der Waals surface area contributed by atoms with Crippen LogP contribution in [0.3, 0.4) is 0 Å². The number of carbonyl (C=O) groups is 3. The molecule has 65 heavy (non-hydrogen) atoms. The summed E-state index contributed by atoms with van der Waals surface area (Å²) in [5.74, 6) is -0.953. The van der Waals surface area contributed by atoms with E-state index in [0.29, 0.717) is 19.3 Å². The van der Waals surface area contributed by atoms with Crippen molar-refractivity contribution in [2.45, 2.75) is 271 Å². The Bertz CT molecular complexity index is 1230. The summed E-state index contributed by atoms with van der Waals surface area (Å²) in [7, 11) is 0. The topological polar surface area (TPSA) is 78.9 Å². The molecule has 0 saturated carbocycles. The monoisotopic (exact) mass is 907 g/mol. The van der Waals surface area contributed by atoms with E-state index in [1.165, 1.54) is 141 Å². The fraction of sp³-hybridized carbons (Fsp3) is 0.746. The number of ether oxygens (including phenoxy) is 3. The van der Waals surface area contributed by atoms with Crippen molar-refractivity contribution in [3.05, 3.63) is 72.9 Å². The number of unbranched alkanes of at least 4 members (excludes halogenated alkanes) is 26. The molecular weight excluding hydrogens is 805 g/mol. The SMILES string of the molecule is CC/C=C\C/C=C\C/C=C\C/C=C\C/C=C\CCCC(=O)OC(COC(=O)CCCCCCCCCCC/C=C\CCCCCCCC)COC(=O)CCCCCCCCCCCCC. The van der Waals surface area contributed by atoms with Gasteiger partial charge in [0.1, 0.15) is 13.2 Å². The Morgan fingerprint density at radius 1 is 0.323 bits per heavy atom. The molecule has 0 aromatic rings. The van der Waals surface area contributed by atoms with Crippen LogP contribution in [0.15, 0.2) is 72.9 Å². The fourth-order valence-electron chi connectivity index (χ4n) is 7.59. The van der Waals surface area contributed by atoms with E-state index in [9.17, 15) is 14.4 Å². The van der Waals surface area contributed by atoms with Crippen LogP contribution >= 0.6 is 0 Å². The maximum absolute atomic E-state index is 12.8. The maximum atomic E-state index is 12.8. The summed E-state index contributed by atoms with van der Waals surface area (Å²) in [5.41, 5.74) is 0. The van der Waals surface area contributed by atoms with E-state index in [4.69, 9.17) is 14.2 Å². The Labute approximate surface area is 402 Å². The van der Waals surface area contributed by atoms with Crippen molar-refractivity contribution in [3.63, 3.8) is 0 Å². The first kappa shape index (κ1) is 61.9. The molecule has 0 aromatic heterocycles. The van der Waals surface area contributed by atoms with Gasteiger partial charge < -0.3 is 14.2 Å². The van der Waals surface area contributed by atoms with Crippen molar-refractivity contribution in [3.8, 4) is 0 Å². The van der Waals surface area contributed by atoms with E-state index in [2.05, 4.69) is 93.7 Å². The number of hydrogen-bond acceptors (Lipinski definition) is 6. The average molecular weight is 907 g/mol. The van der Waals surface area contributed by atoms with Crippen molar-refractivity contribution >= 4 is 17.9 Å². The van der Waals surface area contributed by atoms with Crippen molar-refractivity contribution in [1.29, 1.82) is 0 Å². The lowest BCUT2D eigenvalue weighted by molar-refractivity contribution is -0.167. The van der Waals surface area contributed by atoms with Crippen LogP contribution < -0.4 is 0 Å². The Morgan fingerprint density at radius 3 is 1.00 bits per heavy atom. The summed E-state index contributed by atoms with van der Waals surface area (Å²) in [6.07, 6.45) is 67.5. The third kappa shape index (κ3) is 51.7. The first-order chi connectivity index (χ1) is 32.0. The highest BCUT2D eigenvalue weighted by Crippen LogP contribution is 2.15. The summed E-state index contributed by atoms with van der Waals surface area (Å²) in [6.45, 7) is 6.48. The third-order valence-corrected chi connectivity index (χ3v) is 11.7. The highest BCUT2D eigenvalue weighted by molar-refractivity contribution is 5.71. The standard InChI is InChI=1S/C59H102O6/c1-4-7-10-13-16-19-22-24-26-28-29-31-32-34-37-40-43-46-49-52-58(61)64-55-56(54-63-57(60)51-48-45-42-39-36-21-18-15-12-9-6-3)65-59(62)53-50-47-44-41-38-35-33-30-27-25-23-20-17-14-11-8-5-2/h8,11,17,20,24-27,33,35,41,44,56H,4-7,9-10,12-16,18-19,21-23,28-32,34,36-40,42-43,45-55H2,1-3H3/b11-8-,20-17-,26-24-,27-25-,35-33-,44-41-. The van der Waals surface area contributed by atoms with Gasteiger partial charge in [0, 0.05) is 19.3 Å². The first-order valence-corrected chi connectivity index (χ1v) is 27.4. The molecule has 374 valence electrons. The molecule has 1 unspecified atom stereocenters. The van der Waals surface area contributed by atoms with Crippen LogP contribution in [-0.4, -0.2) is 37.2 Å². The lowest BCUT2D eigenvalue weighted by Crippen LogP contribution is -2.30. The first-order valence-electron chi connectivity index (χ1n) is 27.4. The molecule has 0 amide bonds. The van der Waals surface area contributed by atoms with E-state index in [0.717, 1.165) is 77.0 Å². The molecule has 6 heteroatoms. The number of esters is 3. The Kier molecular flexibility index (Phi) is 50.9. The highest BCUT2D eigenvalue weighted by atomic mass is 16.6. The summed E-state index contributed by atoms with van der Waals surface area (Å²) >= 11 is 0. The number of allylic oxidation sites excluding steroid dienone is 12. The molecule has 0 aliphatic rings. The molecule has 0 aliphatic heterocycles. The summed E-state index contributed by atoms with van der Waals surface area (Å²) in [4.78, 5) is 38.0. The minimum absolute atomic E-state index is 0.0966. The van der Waals surface area contributed by atoms with E-state index >= 15 is 0 Å². The molecule has 0 fully saturated rings. The molecule has 0 saturated heterocycles. The second-order valence-electron chi connectivity index (χ2n) is 18.1. The predicted octanol–water partition coefficient (Wildman–Crippen LogP) is 18.2. The molecule has 0 N–H and O–H groups in total. The zero-order valence-corrected chi connectivity index (χ0v) is 42.7. The normalized spacial score (nSPS) is 12.6. The van der Waals surface area contributed by atoms with Gasteiger partial charge in [-0.25, -0.2) is 0 Å².